The standard InChI is InChI=1S/C19H26N4O4/c1-4-27-19(26)21-11-9-20(10-12-21)13-22-17(24)15(3)23(18(22)25)16-7-5-14(2)6-8-16/h5-8,15H,4,9-13H2,1-3H3/t15-/m1/s1. The second kappa shape index (κ2) is 7.96. The van der Waals surface area contributed by atoms with Crippen LogP contribution >= 0.6 is 0 Å². The summed E-state index contributed by atoms with van der Waals surface area (Å²) in [4.78, 5) is 43.8. The maximum absolute atomic E-state index is 12.9. The zero-order valence-electron chi connectivity index (χ0n) is 16.1. The molecular formula is C19H26N4O4. The van der Waals surface area contributed by atoms with Gasteiger partial charge in [0.05, 0.1) is 13.3 Å². The van der Waals surface area contributed by atoms with Crippen LogP contribution < -0.4 is 4.90 Å². The van der Waals surface area contributed by atoms with Crippen LogP contribution in [-0.4, -0.2) is 78.2 Å². The lowest BCUT2D eigenvalue weighted by molar-refractivity contribution is -0.128. The fourth-order valence-electron chi connectivity index (χ4n) is 3.38. The molecule has 2 heterocycles. The van der Waals surface area contributed by atoms with Crippen molar-refractivity contribution >= 4 is 23.7 Å². The minimum atomic E-state index is -0.527. The molecule has 4 amide bonds. The highest BCUT2D eigenvalue weighted by atomic mass is 16.6. The van der Waals surface area contributed by atoms with Gasteiger partial charge in [-0.25, -0.2) is 14.5 Å². The normalized spacial score (nSPS) is 21.1. The summed E-state index contributed by atoms with van der Waals surface area (Å²) >= 11 is 0. The summed E-state index contributed by atoms with van der Waals surface area (Å²) in [6, 6.07) is 6.75. The van der Waals surface area contributed by atoms with Crippen LogP contribution in [0.5, 0.6) is 0 Å². The first-order chi connectivity index (χ1) is 12.9. The van der Waals surface area contributed by atoms with Crippen molar-refractivity contribution in [1.82, 2.24) is 14.7 Å². The molecule has 0 aliphatic carbocycles. The van der Waals surface area contributed by atoms with Crippen molar-refractivity contribution in [3.8, 4) is 0 Å². The molecular weight excluding hydrogens is 348 g/mol. The number of rotatable bonds is 4. The predicted molar refractivity (Wildman–Crippen MR) is 100 cm³/mol. The summed E-state index contributed by atoms with van der Waals surface area (Å²) in [7, 11) is 0. The van der Waals surface area contributed by atoms with Gasteiger partial charge in [0.1, 0.15) is 6.04 Å². The van der Waals surface area contributed by atoms with Crippen LogP contribution in [0.2, 0.25) is 0 Å². The van der Waals surface area contributed by atoms with E-state index in [4.69, 9.17) is 4.74 Å². The molecule has 1 aromatic rings. The quantitative estimate of drug-likeness (QED) is 0.753. The molecule has 0 saturated carbocycles. The highest BCUT2D eigenvalue weighted by Crippen LogP contribution is 2.26. The maximum atomic E-state index is 12.9. The van der Waals surface area contributed by atoms with E-state index in [-0.39, 0.29) is 24.7 Å². The zero-order valence-corrected chi connectivity index (χ0v) is 16.1. The van der Waals surface area contributed by atoms with Crippen LogP contribution in [0.1, 0.15) is 19.4 Å². The Kier molecular flexibility index (Phi) is 5.65. The van der Waals surface area contributed by atoms with Gasteiger partial charge in [0, 0.05) is 31.9 Å². The van der Waals surface area contributed by atoms with Crippen molar-refractivity contribution in [3.63, 3.8) is 0 Å². The molecule has 8 heteroatoms. The van der Waals surface area contributed by atoms with Gasteiger partial charge < -0.3 is 9.64 Å². The summed E-state index contributed by atoms with van der Waals surface area (Å²) in [6.45, 7) is 8.32. The lowest BCUT2D eigenvalue weighted by Gasteiger charge is -2.35. The average Bonchev–Trinajstić information content (AvgIpc) is 2.87. The SMILES string of the molecule is CCOC(=O)N1CCN(CN2C(=O)[C@@H](C)N(c3ccc(C)cc3)C2=O)CC1. The van der Waals surface area contributed by atoms with Crippen LogP contribution in [-0.2, 0) is 9.53 Å². The van der Waals surface area contributed by atoms with E-state index in [0.717, 1.165) is 11.3 Å². The molecule has 2 saturated heterocycles. The number of anilines is 1. The van der Waals surface area contributed by atoms with Gasteiger partial charge in [0.25, 0.3) is 5.91 Å². The topological polar surface area (TPSA) is 73.4 Å². The molecule has 8 nitrogen and oxygen atoms in total. The number of amides is 4. The molecule has 146 valence electrons. The van der Waals surface area contributed by atoms with E-state index in [1.807, 2.05) is 36.1 Å². The number of ether oxygens (including phenoxy) is 1. The summed E-state index contributed by atoms with van der Waals surface area (Å²) in [5.41, 5.74) is 1.82. The number of imide groups is 1. The van der Waals surface area contributed by atoms with Gasteiger partial charge in [0.2, 0.25) is 0 Å². The van der Waals surface area contributed by atoms with E-state index in [0.29, 0.717) is 32.8 Å². The van der Waals surface area contributed by atoms with Gasteiger partial charge in [-0.3, -0.25) is 14.6 Å². The van der Waals surface area contributed by atoms with E-state index in [1.165, 1.54) is 9.80 Å². The van der Waals surface area contributed by atoms with Crippen LogP contribution in [0, 0.1) is 6.92 Å². The predicted octanol–water partition coefficient (Wildman–Crippen LogP) is 1.88. The van der Waals surface area contributed by atoms with Crippen molar-refractivity contribution < 1.29 is 19.1 Å². The van der Waals surface area contributed by atoms with E-state index in [2.05, 4.69) is 0 Å². The van der Waals surface area contributed by atoms with E-state index >= 15 is 0 Å². The van der Waals surface area contributed by atoms with Crippen molar-refractivity contribution in [3.05, 3.63) is 29.8 Å². The van der Waals surface area contributed by atoms with Gasteiger partial charge in [-0.05, 0) is 32.9 Å². The molecule has 1 aromatic carbocycles. The second-order valence-corrected chi connectivity index (χ2v) is 6.88. The molecule has 2 fully saturated rings. The molecule has 0 aromatic heterocycles. The highest BCUT2D eigenvalue weighted by molar-refractivity contribution is 6.14. The van der Waals surface area contributed by atoms with Crippen molar-refractivity contribution in [2.24, 2.45) is 0 Å². The lowest BCUT2D eigenvalue weighted by Crippen LogP contribution is -2.52. The number of aryl methyl sites for hydroxylation is 1. The summed E-state index contributed by atoms with van der Waals surface area (Å²) in [5, 5.41) is 0. The Hall–Kier alpha value is -2.61. The summed E-state index contributed by atoms with van der Waals surface area (Å²) in [5.74, 6) is -0.201. The van der Waals surface area contributed by atoms with Crippen molar-refractivity contribution in [2.75, 3.05) is 44.4 Å². The Labute approximate surface area is 159 Å². The summed E-state index contributed by atoms with van der Waals surface area (Å²) < 4.78 is 5.01. The number of hydrogen-bond donors (Lipinski definition) is 0. The van der Waals surface area contributed by atoms with Gasteiger partial charge in [-0.15, -0.1) is 0 Å². The molecule has 0 radical (unpaired) electrons. The van der Waals surface area contributed by atoms with Gasteiger partial charge in [-0.1, -0.05) is 17.7 Å². The number of hydrogen-bond acceptors (Lipinski definition) is 5. The first kappa shape index (κ1) is 19.2. The fraction of sp³-hybridized carbons (Fsp3) is 0.526. The Morgan fingerprint density at radius 3 is 2.33 bits per heavy atom. The molecule has 3 rings (SSSR count). The monoisotopic (exact) mass is 374 g/mol. The first-order valence-electron chi connectivity index (χ1n) is 9.27. The van der Waals surface area contributed by atoms with Crippen molar-refractivity contribution in [2.45, 2.75) is 26.8 Å². The van der Waals surface area contributed by atoms with Gasteiger partial charge in [-0.2, -0.15) is 0 Å². The zero-order chi connectivity index (χ0) is 19.6. The van der Waals surface area contributed by atoms with Crippen molar-refractivity contribution in [1.29, 1.82) is 0 Å². The molecule has 0 bridgehead atoms. The number of urea groups is 1. The Morgan fingerprint density at radius 1 is 1.11 bits per heavy atom. The molecule has 0 unspecified atom stereocenters. The first-order valence-corrected chi connectivity index (χ1v) is 9.27. The Balaban J connectivity index is 1.62. The second-order valence-electron chi connectivity index (χ2n) is 6.88. The minimum Gasteiger partial charge on any atom is -0.450 e. The highest BCUT2D eigenvalue weighted by Gasteiger charge is 2.44. The van der Waals surface area contributed by atoms with E-state index < -0.39 is 6.04 Å². The van der Waals surface area contributed by atoms with Gasteiger partial charge >= 0.3 is 12.1 Å². The molecule has 2 aliphatic heterocycles. The molecule has 0 N–H and O–H groups in total. The Bertz CT molecular complexity index is 713. The Morgan fingerprint density at radius 2 is 1.74 bits per heavy atom. The number of carbonyl (C=O) groups excluding carboxylic acids is 3. The smallest absolute Gasteiger partial charge is 0.409 e. The number of piperazine rings is 1. The summed E-state index contributed by atoms with van der Waals surface area (Å²) in [6.07, 6.45) is -0.315. The molecule has 2 aliphatic rings. The van der Waals surface area contributed by atoms with Crippen LogP contribution in [0.3, 0.4) is 0 Å². The average molecular weight is 374 g/mol. The molecule has 27 heavy (non-hydrogen) atoms. The molecule has 0 spiro atoms. The van der Waals surface area contributed by atoms with Crippen LogP contribution in [0.25, 0.3) is 0 Å². The van der Waals surface area contributed by atoms with E-state index in [1.54, 1.807) is 18.7 Å². The lowest BCUT2D eigenvalue weighted by atomic mass is 10.2. The van der Waals surface area contributed by atoms with Crippen LogP contribution in [0.15, 0.2) is 24.3 Å². The third-order valence-corrected chi connectivity index (χ3v) is 5.00. The third-order valence-electron chi connectivity index (χ3n) is 5.00. The number of benzene rings is 1. The third kappa shape index (κ3) is 3.90. The van der Waals surface area contributed by atoms with Gasteiger partial charge in [0.15, 0.2) is 0 Å². The fourth-order valence-corrected chi connectivity index (χ4v) is 3.38. The maximum Gasteiger partial charge on any atom is 0.409 e. The minimum absolute atomic E-state index is 0.201. The number of nitrogens with zero attached hydrogens (tertiary/aromatic N) is 4. The molecule has 1 atom stereocenters. The number of carbonyl (C=O) groups is 3. The van der Waals surface area contributed by atoms with Crippen LogP contribution in [0.4, 0.5) is 15.3 Å². The largest absolute Gasteiger partial charge is 0.450 e. The van der Waals surface area contributed by atoms with E-state index in [9.17, 15) is 14.4 Å².